The number of pyridine rings is 1. The number of hydrogen-bond acceptors (Lipinski definition) is 5. The highest BCUT2D eigenvalue weighted by Crippen LogP contribution is 2.69. The van der Waals surface area contributed by atoms with Crippen LogP contribution >= 0.6 is 11.6 Å². The van der Waals surface area contributed by atoms with Gasteiger partial charge < -0.3 is 10.1 Å². The zero-order chi connectivity index (χ0) is 21.8. The molecule has 7 nitrogen and oxygen atoms in total. The van der Waals surface area contributed by atoms with E-state index in [4.69, 9.17) is 16.3 Å². The molecule has 2 bridgehead atoms. The van der Waals surface area contributed by atoms with Gasteiger partial charge >= 0.3 is 0 Å². The SMILES string of the molecule is Cn1ncc2cc(C(=O)CC34CC(NC(=O)COc5ccc(Cl)c(F)c5)(C3)C4)cnc21. The molecule has 0 atom stereocenters. The van der Waals surface area contributed by atoms with Crippen molar-refractivity contribution in [2.24, 2.45) is 12.5 Å². The number of carbonyl (C=O) groups is 2. The molecule has 3 saturated carbocycles. The number of benzene rings is 1. The van der Waals surface area contributed by atoms with Crippen molar-refractivity contribution in [2.45, 2.75) is 31.2 Å². The van der Waals surface area contributed by atoms with Crippen LogP contribution in [0.5, 0.6) is 5.75 Å². The van der Waals surface area contributed by atoms with Gasteiger partial charge in [0.05, 0.1) is 11.2 Å². The van der Waals surface area contributed by atoms with Crippen molar-refractivity contribution < 1.29 is 18.7 Å². The van der Waals surface area contributed by atoms with Gasteiger partial charge in [-0.25, -0.2) is 9.37 Å². The van der Waals surface area contributed by atoms with Gasteiger partial charge in [-0.05, 0) is 42.9 Å². The molecule has 1 N–H and O–H groups in total. The van der Waals surface area contributed by atoms with E-state index in [1.165, 1.54) is 12.1 Å². The van der Waals surface area contributed by atoms with E-state index in [-0.39, 0.29) is 40.0 Å². The van der Waals surface area contributed by atoms with Crippen LogP contribution in [0.25, 0.3) is 11.0 Å². The number of rotatable bonds is 7. The van der Waals surface area contributed by atoms with Gasteiger partial charge in [-0.15, -0.1) is 0 Å². The summed E-state index contributed by atoms with van der Waals surface area (Å²) in [5.41, 5.74) is 1.03. The second-order valence-electron chi connectivity index (χ2n) is 8.73. The maximum Gasteiger partial charge on any atom is 0.258 e. The Morgan fingerprint density at radius 2 is 2.03 bits per heavy atom. The maximum atomic E-state index is 13.4. The van der Waals surface area contributed by atoms with E-state index >= 15 is 0 Å². The summed E-state index contributed by atoms with van der Waals surface area (Å²) in [6.45, 7) is -0.203. The van der Waals surface area contributed by atoms with Gasteiger partial charge in [0.1, 0.15) is 11.6 Å². The minimum atomic E-state index is -0.594. The molecular weight excluding hydrogens is 423 g/mol. The molecule has 2 heterocycles. The van der Waals surface area contributed by atoms with Crippen LogP contribution in [0.3, 0.4) is 0 Å². The molecule has 3 fully saturated rings. The second-order valence-corrected chi connectivity index (χ2v) is 9.14. The number of aromatic nitrogens is 3. The Bertz CT molecular complexity index is 1200. The van der Waals surface area contributed by atoms with Crippen LogP contribution in [0.4, 0.5) is 4.39 Å². The standard InChI is InChI=1S/C22H20ClFN4O3/c1-28-20-14(8-26-28)4-13(7-25-20)18(29)6-21-10-22(11-21,12-21)27-19(30)9-31-15-2-3-16(23)17(24)5-15/h2-5,7-8H,6,9-12H2,1H3,(H,27,30). The van der Waals surface area contributed by atoms with Gasteiger partial charge in [0.15, 0.2) is 18.0 Å². The molecule has 6 rings (SSSR count). The highest BCUT2D eigenvalue weighted by atomic mass is 35.5. The first kappa shape index (κ1) is 19.9. The summed E-state index contributed by atoms with van der Waals surface area (Å²) >= 11 is 5.64. The number of Topliss-reactive ketones (excluding diaryl/α,β-unsaturated/α-hetero) is 1. The fourth-order valence-corrected chi connectivity index (χ4v) is 5.12. The van der Waals surface area contributed by atoms with Crippen molar-refractivity contribution in [3.63, 3.8) is 0 Å². The van der Waals surface area contributed by atoms with Gasteiger partial charge in [0.25, 0.3) is 5.91 Å². The molecule has 3 aromatic rings. The van der Waals surface area contributed by atoms with E-state index in [1.54, 1.807) is 17.1 Å². The van der Waals surface area contributed by atoms with Gasteiger partial charge in [0.2, 0.25) is 0 Å². The third-order valence-corrected chi connectivity index (χ3v) is 6.54. The molecule has 1 aromatic carbocycles. The number of fused-ring (bicyclic) bond motifs is 1. The van der Waals surface area contributed by atoms with E-state index in [0.29, 0.717) is 12.0 Å². The number of ketones is 1. The Morgan fingerprint density at radius 1 is 1.26 bits per heavy atom. The molecule has 0 aliphatic heterocycles. The van der Waals surface area contributed by atoms with Crippen molar-refractivity contribution in [1.82, 2.24) is 20.1 Å². The minimum Gasteiger partial charge on any atom is -0.484 e. The predicted octanol–water partition coefficient (Wildman–Crippen LogP) is 3.45. The second kappa shape index (κ2) is 7.02. The zero-order valence-corrected chi connectivity index (χ0v) is 17.6. The van der Waals surface area contributed by atoms with E-state index < -0.39 is 5.82 Å². The van der Waals surface area contributed by atoms with Gasteiger partial charge in [-0.3, -0.25) is 14.3 Å². The zero-order valence-electron chi connectivity index (χ0n) is 16.8. The Morgan fingerprint density at radius 3 is 2.77 bits per heavy atom. The molecular formula is C22H20ClFN4O3. The van der Waals surface area contributed by atoms with Crippen molar-refractivity contribution >= 4 is 34.3 Å². The largest absolute Gasteiger partial charge is 0.484 e. The summed E-state index contributed by atoms with van der Waals surface area (Å²) in [4.78, 5) is 29.3. The Hall–Kier alpha value is -3.00. The molecule has 0 saturated heterocycles. The first-order valence-electron chi connectivity index (χ1n) is 9.96. The monoisotopic (exact) mass is 442 g/mol. The van der Waals surface area contributed by atoms with Gasteiger partial charge in [-0.1, -0.05) is 11.6 Å². The molecule has 9 heteroatoms. The van der Waals surface area contributed by atoms with Crippen LogP contribution < -0.4 is 10.1 Å². The Labute approximate surface area is 182 Å². The highest BCUT2D eigenvalue weighted by Gasteiger charge is 2.68. The first-order valence-corrected chi connectivity index (χ1v) is 10.3. The lowest BCUT2D eigenvalue weighted by Gasteiger charge is -2.70. The lowest BCUT2D eigenvalue weighted by molar-refractivity contribution is -0.164. The topological polar surface area (TPSA) is 86.1 Å². The molecule has 0 radical (unpaired) electrons. The van der Waals surface area contributed by atoms with Gasteiger partial charge in [-0.2, -0.15) is 5.10 Å². The van der Waals surface area contributed by atoms with Crippen LogP contribution in [-0.4, -0.2) is 38.6 Å². The number of nitrogens with zero attached hydrogens (tertiary/aromatic N) is 3. The Kier molecular flexibility index (Phi) is 4.51. The van der Waals surface area contributed by atoms with Crippen LogP contribution in [0, 0.1) is 11.2 Å². The van der Waals surface area contributed by atoms with E-state index in [9.17, 15) is 14.0 Å². The summed E-state index contributed by atoms with van der Waals surface area (Å²) in [6, 6.07) is 5.87. The van der Waals surface area contributed by atoms with E-state index in [1.807, 2.05) is 13.1 Å². The molecule has 0 unspecified atom stereocenters. The fraction of sp³-hybridized carbons (Fsp3) is 0.364. The van der Waals surface area contributed by atoms with Crippen molar-refractivity contribution in [3.8, 4) is 5.75 Å². The highest BCUT2D eigenvalue weighted by molar-refractivity contribution is 6.30. The van der Waals surface area contributed by atoms with Crippen LogP contribution in [0.2, 0.25) is 5.02 Å². The average molecular weight is 443 g/mol. The van der Waals surface area contributed by atoms with Crippen molar-refractivity contribution in [3.05, 3.63) is 53.1 Å². The molecule has 3 aliphatic rings. The quantitative estimate of drug-likeness (QED) is 0.566. The molecule has 31 heavy (non-hydrogen) atoms. The number of hydrogen-bond donors (Lipinski definition) is 1. The number of amides is 1. The number of carbonyl (C=O) groups excluding carboxylic acids is 2. The summed E-state index contributed by atoms with van der Waals surface area (Å²) in [6.07, 6.45) is 6.07. The smallest absolute Gasteiger partial charge is 0.258 e. The lowest BCUT2D eigenvalue weighted by Crippen LogP contribution is -2.75. The molecule has 160 valence electrons. The van der Waals surface area contributed by atoms with Crippen molar-refractivity contribution in [1.29, 1.82) is 0 Å². The van der Waals surface area contributed by atoms with Crippen LogP contribution in [0.1, 0.15) is 36.0 Å². The normalized spacial score (nSPS) is 23.7. The summed E-state index contributed by atoms with van der Waals surface area (Å²) in [5.74, 6) is -0.549. The number of nitrogens with one attached hydrogen (secondary N) is 1. The Balaban J connectivity index is 1.12. The van der Waals surface area contributed by atoms with E-state index in [0.717, 1.165) is 36.4 Å². The summed E-state index contributed by atoms with van der Waals surface area (Å²) in [5, 5.41) is 8.00. The van der Waals surface area contributed by atoms with E-state index in [2.05, 4.69) is 15.4 Å². The molecule has 3 aliphatic carbocycles. The fourth-order valence-electron chi connectivity index (χ4n) is 5.00. The molecule has 2 aromatic heterocycles. The summed E-state index contributed by atoms with van der Waals surface area (Å²) < 4.78 is 20.5. The molecule has 0 spiro atoms. The summed E-state index contributed by atoms with van der Waals surface area (Å²) in [7, 11) is 1.81. The third kappa shape index (κ3) is 3.54. The van der Waals surface area contributed by atoms with Crippen LogP contribution in [-0.2, 0) is 11.8 Å². The van der Waals surface area contributed by atoms with Crippen LogP contribution in [0.15, 0.2) is 36.7 Å². The van der Waals surface area contributed by atoms with Gasteiger partial charge in [0, 0.05) is 42.2 Å². The number of halogens is 2. The van der Waals surface area contributed by atoms with Crippen molar-refractivity contribution in [2.75, 3.05) is 6.61 Å². The first-order chi connectivity index (χ1) is 14.8. The third-order valence-electron chi connectivity index (χ3n) is 6.23. The average Bonchev–Trinajstić information content (AvgIpc) is 3.06. The maximum absolute atomic E-state index is 13.4. The number of ether oxygens (including phenoxy) is 1. The molecule has 1 amide bonds. The number of aryl methyl sites for hydroxylation is 1. The minimum absolute atomic E-state index is 0.00153. The predicted molar refractivity (Wildman–Crippen MR) is 112 cm³/mol. The lowest BCUT2D eigenvalue weighted by atomic mass is 9.38.